The minimum absolute atomic E-state index is 0.123. The lowest BCUT2D eigenvalue weighted by Gasteiger charge is -2.21. The molecular weight excluding hydrogens is 274 g/mol. The van der Waals surface area contributed by atoms with Gasteiger partial charge in [0.15, 0.2) is 0 Å². The van der Waals surface area contributed by atoms with Crippen LogP contribution < -0.4 is 4.72 Å². The highest BCUT2D eigenvalue weighted by atomic mass is 32.2. The monoisotopic (exact) mass is 299 g/mol. The van der Waals surface area contributed by atoms with Crippen LogP contribution in [0, 0.1) is 19.8 Å². The second-order valence-corrected chi connectivity index (χ2v) is 7.17. The quantitative estimate of drug-likeness (QED) is 0.848. The van der Waals surface area contributed by atoms with Crippen molar-refractivity contribution >= 4 is 10.0 Å². The van der Waals surface area contributed by atoms with Gasteiger partial charge < -0.3 is 5.11 Å². The lowest BCUT2D eigenvalue weighted by Crippen LogP contribution is -2.37. The zero-order valence-corrected chi connectivity index (χ0v) is 13.7. The molecule has 20 heavy (non-hydrogen) atoms. The molecule has 0 aliphatic carbocycles. The van der Waals surface area contributed by atoms with Crippen molar-refractivity contribution in [2.24, 2.45) is 5.92 Å². The molecule has 0 heterocycles. The lowest BCUT2D eigenvalue weighted by molar-refractivity contribution is 0.281. The maximum atomic E-state index is 12.5. The van der Waals surface area contributed by atoms with Crippen molar-refractivity contribution in [3.63, 3.8) is 0 Å². The molecule has 0 radical (unpaired) electrons. The van der Waals surface area contributed by atoms with Crippen molar-refractivity contribution in [1.82, 2.24) is 4.72 Å². The second-order valence-electron chi connectivity index (χ2n) is 5.49. The first kappa shape index (κ1) is 17.1. The Morgan fingerprint density at radius 2 is 1.85 bits per heavy atom. The molecule has 0 aromatic heterocycles. The van der Waals surface area contributed by atoms with E-state index in [1.54, 1.807) is 13.0 Å². The van der Waals surface area contributed by atoms with Gasteiger partial charge in [-0.2, -0.15) is 0 Å². The molecular formula is C15H25NO3S. The molecule has 0 fully saturated rings. The number of aliphatic hydroxyl groups is 1. The highest BCUT2D eigenvalue weighted by molar-refractivity contribution is 7.89. The Bertz CT molecular complexity index is 567. The van der Waals surface area contributed by atoms with Crippen LogP contribution in [0.3, 0.4) is 0 Å². The summed E-state index contributed by atoms with van der Waals surface area (Å²) in [6.07, 6.45) is 0.915. The minimum atomic E-state index is -3.56. The predicted molar refractivity (Wildman–Crippen MR) is 81.1 cm³/mol. The third kappa shape index (κ3) is 3.81. The maximum Gasteiger partial charge on any atom is 0.241 e. The zero-order chi connectivity index (χ0) is 15.5. The Morgan fingerprint density at radius 3 is 2.35 bits per heavy atom. The molecule has 1 aromatic carbocycles. The van der Waals surface area contributed by atoms with Crippen LogP contribution in [0.5, 0.6) is 0 Å². The number of nitrogens with one attached hydrogen (secondary N) is 1. The van der Waals surface area contributed by atoms with Gasteiger partial charge in [-0.1, -0.05) is 26.3 Å². The summed E-state index contributed by atoms with van der Waals surface area (Å²) in [6.45, 7) is 9.42. The van der Waals surface area contributed by atoms with Crippen LogP contribution in [0.25, 0.3) is 0 Å². The van der Waals surface area contributed by atoms with E-state index in [0.717, 1.165) is 17.5 Å². The third-order valence-electron chi connectivity index (χ3n) is 3.99. The largest absolute Gasteiger partial charge is 0.392 e. The fourth-order valence-electron chi connectivity index (χ4n) is 2.05. The first-order valence-electron chi connectivity index (χ1n) is 6.96. The summed E-state index contributed by atoms with van der Waals surface area (Å²) in [5.41, 5.74) is 2.21. The number of benzene rings is 1. The van der Waals surface area contributed by atoms with Crippen molar-refractivity contribution in [3.05, 3.63) is 28.8 Å². The highest BCUT2D eigenvalue weighted by Gasteiger charge is 2.23. The number of sulfonamides is 1. The molecule has 4 nitrogen and oxygen atoms in total. The van der Waals surface area contributed by atoms with Gasteiger partial charge in [-0.25, -0.2) is 13.1 Å². The van der Waals surface area contributed by atoms with E-state index >= 15 is 0 Å². The van der Waals surface area contributed by atoms with Crippen molar-refractivity contribution in [1.29, 1.82) is 0 Å². The summed E-state index contributed by atoms with van der Waals surface area (Å²) in [6, 6.07) is 3.24. The van der Waals surface area contributed by atoms with Gasteiger partial charge in [0.2, 0.25) is 10.0 Å². The number of rotatable bonds is 6. The summed E-state index contributed by atoms with van der Waals surface area (Å²) in [5, 5.41) is 9.24. The maximum absolute atomic E-state index is 12.5. The van der Waals surface area contributed by atoms with Gasteiger partial charge in [0.1, 0.15) is 0 Å². The van der Waals surface area contributed by atoms with Gasteiger partial charge in [0.05, 0.1) is 11.5 Å². The number of aryl methyl sites for hydroxylation is 1. The van der Waals surface area contributed by atoms with Crippen LogP contribution >= 0.6 is 0 Å². The summed E-state index contributed by atoms with van der Waals surface area (Å²) in [7, 11) is -3.56. The fraction of sp³-hybridized carbons (Fsp3) is 0.600. The van der Waals surface area contributed by atoms with Crippen LogP contribution in [-0.2, 0) is 16.6 Å². The molecule has 0 amide bonds. The van der Waals surface area contributed by atoms with Gasteiger partial charge in [-0.05, 0) is 49.4 Å². The number of aliphatic hydroxyl groups excluding tert-OH is 1. The smallest absolute Gasteiger partial charge is 0.241 e. The Hall–Kier alpha value is -0.910. The molecule has 2 unspecified atom stereocenters. The van der Waals surface area contributed by atoms with E-state index in [2.05, 4.69) is 4.72 Å². The first-order valence-corrected chi connectivity index (χ1v) is 8.44. The molecule has 1 rings (SSSR count). The highest BCUT2D eigenvalue weighted by Crippen LogP contribution is 2.22. The van der Waals surface area contributed by atoms with Crippen molar-refractivity contribution in [2.45, 2.75) is 58.6 Å². The van der Waals surface area contributed by atoms with E-state index in [4.69, 9.17) is 0 Å². The Labute approximate surface area is 122 Å². The molecule has 0 aliphatic rings. The summed E-state index contributed by atoms with van der Waals surface area (Å²) < 4.78 is 27.8. The molecule has 2 N–H and O–H groups in total. The average Bonchev–Trinajstić information content (AvgIpc) is 2.39. The predicted octanol–water partition coefficient (Wildman–Crippen LogP) is 2.51. The third-order valence-corrected chi connectivity index (χ3v) is 5.68. The van der Waals surface area contributed by atoms with E-state index in [0.29, 0.717) is 5.56 Å². The minimum Gasteiger partial charge on any atom is -0.392 e. The molecule has 0 spiro atoms. The second kappa shape index (κ2) is 6.70. The van der Waals surface area contributed by atoms with Crippen LogP contribution in [0.15, 0.2) is 17.0 Å². The van der Waals surface area contributed by atoms with Crippen LogP contribution in [0.2, 0.25) is 0 Å². The van der Waals surface area contributed by atoms with Crippen molar-refractivity contribution in [3.8, 4) is 0 Å². The van der Waals surface area contributed by atoms with Gasteiger partial charge in [0.25, 0.3) is 0 Å². The molecule has 0 saturated carbocycles. The number of hydrogen-bond acceptors (Lipinski definition) is 3. The van der Waals surface area contributed by atoms with Gasteiger partial charge >= 0.3 is 0 Å². The molecule has 114 valence electrons. The summed E-state index contributed by atoms with van der Waals surface area (Å²) in [4.78, 5) is 0.261. The van der Waals surface area contributed by atoms with Crippen molar-refractivity contribution < 1.29 is 13.5 Å². The average molecular weight is 299 g/mol. The van der Waals surface area contributed by atoms with E-state index in [1.165, 1.54) is 0 Å². The zero-order valence-electron chi connectivity index (χ0n) is 12.9. The van der Waals surface area contributed by atoms with Crippen molar-refractivity contribution in [2.75, 3.05) is 0 Å². The topological polar surface area (TPSA) is 66.4 Å². The number of hydrogen-bond donors (Lipinski definition) is 2. The van der Waals surface area contributed by atoms with E-state index < -0.39 is 10.0 Å². The van der Waals surface area contributed by atoms with Gasteiger partial charge in [0, 0.05) is 6.04 Å². The lowest BCUT2D eigenvalue weighted by atomic mass is 10.0. The molecule has 5 heteroatoms. The van der Waals surface area contributed by atoms with Crippen LogP contribution in [0.4, 0.5) is 0 Å². The Morgan fingerprint density at radius 1 is 1.25 bits per heavy atom. The van der Waals surface area contributed by atoms with Gasteiger partial charge in [-0.3, -0.25) is 0 Å². The first-order chi connectivity index (χ1) is 9.22. The molecule has 1 aromatic rings. The molecule has 0 bridgehead atoms. The Balaban J connectivity index is 3.19. The van der Waals surface area contributed by atoms with E-state index in [9.17, 15) is 13.5 Å². The van der Waals surface area contributed by atoms with E-state index in [1.807, 2.05) is 33.8 Å². The molecule has 0 aliphatic heterocycles. The standard InChI is InChI=1S/C15H25NO3S/c1-6-10(2)13(5)16-20(18,19)15-8-14(9-17)7-11(3)12(15)4/h7-8,10,13,16-17H,6,9H2,1-5H3. The normalized spacial score (nSPS) is 15.1. The molecule has 0 saturated heterocycles. The summed E-state index contributed by atoms with van der Waals surface area (Å²) in [5.74, 6) is 0.271. The van der Waals surface area contributed by atoms with E-state index in [-0.39, 0.29) is 23.5 Å². The Kier molecular flexibility index (Phi) is 5.74. The van der Waals surface area contributed by atoms with Gasteiger partial charge in [-0.15, -0.1) is 0 Å². The summed E-state index contributed by atoms with van der Waals surface area (Å²) >= 11 is 0. The fourth-order valence-corrected chi connectivity index (χ4v) is 3.77. The van der Waals surface area contributed by atoms with Crippen LogP contribution in [0.1, 0.15) is 43.9 Å². The molecule has 2 atom stereocenters. The SMILES string of the molecule is CCC(C)C(C)NS(=O)(=O)c1cc(CO)cc(C)c1C. The van der Waals surface area contributed by atoms with Crippen LogP contribution in [-0.4, -0.2) is 19.6 Å².